The summed E-state index contributed by atoms with van der Waals surface area (Å²) in [4.78, 5) is 0. The van der Waals surface area contributed by atoms with Crippen LogP contribution >= 0.6 is 0 Å². The van der Waals surface area contributed by atoms with Crippen molar-refractivity contribution in [2.45, 2.75) is 19.8 Å². The second-order valence-electron chi connectivity index (χ2n) is 0.954. The van der Waals surface area contributed by atoms with E-state index in [-0.39, 0.29) is 0 Å². The molecule has 2 nitrogen and oxygen atoms in total. The lowest BCUT2D eigenvalue weighted by molar-refractivity contribution is 0.984. The Morgan fingerprint density at radius 3 is 2.00 bits per heavy atom. The first-order valence-electron chi connectivity index (χ1n) is 2.18. The number of nitrogens with two attached hydrogens (primary N) is 2. The van der Waals surface area contributed by atoms with Crippen LogP contribution in [0.5, 0.6) is 0 Å². The molecule has 0 radical (unpaired) electrons. The van der Waals surface area contributed by atoms with Gasteiger partial charge in [-0.3, -0.25) is 11.7 Å². The van der Waals surface area contributed by atoms with Crippen LogP contribution in [0.25, 0.3) is 0 Å². The third kappa shape index (κ3) is 30.3. The van der Waals surface area contributed by atoms with Gasteiger partial charge in [0.1, 0.15) is 0 Å². The van der Waals surface area contributed by atoms with Crippen molar-refractivity contribution in [1.82, 2.24) is 0 Å². The first-order chi connectivity index (χ1) is 3.41. The van der Waals surface area contributed by atoms with E-state index in [0.717, 1.165) is 12.8 Å². The van der Waals surface area contributed by atoms with Crippen molar-refractivity contribution in [2.24, 2.45) is 11.7 Å². The molecular formula is C5H12N2. The highest BCUT2D eigenvalue weighted by molar-refractivity contribution is 4.81. The van der Waals surface area contributed by atoms with Gasteiger partial charge in [-0.1, -0.05) is 6.92 Å². The zero-order valence-electron chi connectivity index (χ0n) is 4.65. The van der Waals surface area contributed by atoms with E-state index in [2.05, 4.69) is 24.5 Å². The minimum atomic E-state index is 0.917. The van der Waals surface area contributed by atoms with Crippen LogP contribution in [0.2, 0.25) is 0 Å². The van der Waals surface area contributed by atoms with E-state index < -0.39 is 0 Å². The van der Waals surface area contributed by atoms with Gasteiger partial charge in [-0.2, -0.15) is 0 Å². The molecule has 0 saturated carbocycles. The molecule has 0 amide bonds. The number of terminal acetylenes is 1. The predicted octanol–water partition coefficient (Wildman–Crippen LogP) is 0.239. The zero-order valence-corrected chi connectivity index (χ0v) is 4.65. The van der Waals surface area contributed by atoms with E-state index in [4.69, 9.17) is 6.42 Å². The van der Waals surface area contributed by atoms with Crippen LogP contribution in [-0.4, -0.2) is 0 Å². The average Bonchev–Trinajstić information content (AvgIpc) is 1.75. The molecule has 7 heavy (non-hydrogen) atoms. The summed E-state index contributed by atoms with van der Waals surface area (Å²) in [6.07, 6.45) is 6.91. The van der Waals surface area contributed by atoms with E-state index >= 15 is 0 Å². The largest absolute Gasteiger partial charge is 0.274 e. The smallest absolute Gasteiger partial charge is 0.00834 e. The fraction of sp³-hybridized carbons (Fsp3) is 0.600. The van der Waals surface area contributed by atoms with Crippen molar-refractivity contribution >= 4 is 0 Å². The van der Waals surface area contributed by atoms with E-state index in [1.165, 1.54) is 0 Å². The maximum atomic E-state index is 4.89. The molecule has 0 spiro atoms. The SMILES string of the molecule is C#CCCC.NN. The highest BCUT2D eigenvalue weighted by Gasteiger charge is 1.61. The molecule has 0 unspecified atom stereocenters. The van der Waals surface area contributed by atoms with Gasteiger partial charge < -0.3 is 0 Å². The molecule has 42 valence electrons. The molecule has 0 aromatic heterocycles. The second-order valence-corrected chi connectivity index (χ2v) is 0.954. The Balaban J connectivity index is 0. The molecule has 0 bridgehead atoms. The van der Waals surface area contributed by atoms with Gasteiger partial charge in [0.05, 0.1) is 0 Å². The number of rotatable bonds is 1. The summed E-state index contributed by atoms with van der Waals surface area (Å²) >= 11 is 0. The fourth-order valence-corrected chi connectivity index (χ4v) is 0.144. The molecule has 0 atom stereocenters. The summed E-state index contributed by atoms with van der Waals surface area (Å²) in [5.74, 6) is 10.5. The van der Waals surface area contributed by atoms with Crippen LogP contribution in [0.4, 0.5) is 0 Å². The van der Waals surface area contributed by atoms with Crippen LogP contribution in [0, 0.1) is 12.3 Å². The van der Waals surface area contributed by atoms with Gasteiger partial charge >= 0.3 is 0 Å². The minimum absolute atomic E-state index is 0.917. The molecule has 0 aliphatic rings. The van der Waals surface area contributed by atoms with Crippen LogP contribution in [0.15, 0.2) is 0 Å². The summed E-state index contributed by atoms with van der Waals surface area (Å²) in [6.45, 7) is 2.07. The first kappa shape index (κ1) is 9.70. The number of hydrazine groups is 1. The van der Waals surface area contributed by atoms with Crippen molar-refractivity contribution in [1.29, 1.82) is 0 Å². The second kappa shape index (κ2) is 17.9. The quantitative estimate of drug-likeness (QED) is 0.282. The molecule has 0 fully saturated rings. The maximum absolute atomic E-state index is 4.89. The van der Waals surface area contributed by atoms with E-state index in [0.29, 0.717) is 0 Å². The Labute approximate surface area is 44.9 Å². The minimum Gasteiger partial charge on any atom is -0.274 e. The molecule has 0 aromatic carbocycles. The van der Waals surface area contributed by atoms with Gasteiger partial charge in [0, 0.05) is 6.42 Å². The maximum Gasteiger partial charge on any atom is 0.00834 e. The molecule has 4 N–H and O–H groups in total. The van der Waals surface area contributed by atoms with Crippen molar-refractivity contribution in [3.63, 3.8) is 0 Å². The molecule has 0 rings (SSSR count). The van der Waals surface area contributed by atoms with Crippen molar-refractivity contribution < 1.29 is 0 Å². The van der Waals surface area contributed by atoms with Gasteiger partial charge in [-0.05, 0) is 6.42 Å². The molecule has 0 heterocycles. The lowest BCUT2D eigenvalue weighted by atomic mass is 10.4. The molecule has 0 aliphatic heterocycles. The monoisotopic (exact) mass is 100 g/mol. The molecule has 0 saturated heterocycles. The summed E-state index contributed by atoms with van der Waals surface area (Å²) in [5, 5.41) is 0. The fourth-order valence-electron chi connectivity index (χ4n) is 0.144. The number of hydrogen-bond donors (Lipinski definition) is 2. The van der Waals surface area contributed by atoms with Gasteiger partial charge in [-0.25, -0.2) is 0 Å². The van der Waals surface area contributed by atoms with Crippen molar-refractivity contribution in [2.75, 3.05) is 0 Å². The summed E-state index contributed by atoms with van der Waals surface area (Å²) in [6, 6.07) is 0. The van der Waals surface area contributed by atoms with Gasteiger partial charge in [0.15, 0.2) is 0 Å². The Hall–Kier alpha value is -0.520. The van der Waals surface area contributed by atoms with Gasteiger partial charge in [0.25, 0.3) is 0 Å². The van der Waals surface area contributed by atoms with Crippen LogP contribution in [0.1, 0.15) is 19.8 Å². The van der Waals surface area contributed by atoms with Crippen molar-refractivity contribution in [3.8, 4) is 12.3 Å². The van der Waals surface area contributed by atoms with E-state index in [1.54, 1.807) is 0 Å². The molecule has 2 heteroatoms. The number of unbranched alkanes of at least 4 members (excludes halogenated alkanes) is 1. The lowest BCUT2D eigenvalue weighted by Crippen LogP contribution is -2.02. The standard InChI is InChI=1S/C5H8.H4N2/c1-3-5-4-2;1-2/h1H,4-5H2,2H3;1-2H2. The Bertz CT molecular complexity index is 44.5. The Morgan fingerprint density at radius 1 is 1.57 bits per heavy atom. The lowest BCUT2D eigenvalue weighted by Gasteiger charge is -1.69. The summed E-state index contributed by atoms with van der Waals surface area (Å²) < 4.78 is 0. The highest BCUT2D eigenvalue weighted by Crippen LogP contribution is 1.77. The predicted molar refractivity (Wildman–Crippen MR) is 32.1 cm³/mol. The van der Waals surface area contributed by atoms with E-state index in [1.807, 2.05) is 0 Å². The summed E-state index contributed by atoms with van der Waals surface area (Å²) in [7, 11) is 0. The van der Waals surface area contributed by atoms with Crippen LogP contribution < -0.4 is 11.7 Å². The zero-order chi connectivity index (χ0) is 6.12. The van der Waals surface area contributed by atoms with Crippen LogP contribution in [0.3, 0.4) is 0 Å². The third-order valence-corrected chi connectivity index (χ3v) is 0.394. The highest BCUT2D eigenvalue weighted by atomic mass is 15.0. The Morgan fingerprint density at radius 2 is 2.00 bits per heavy atom. The normalized spacial score (nSPS) is 5.43. The first-order valence-corrected chi connectivity index (χ1v) is 2.18. The van der Waals surface area contributed by atoms with Crippen LogP contribution in [-0.2, 0) is 0 Å². The molecule has 0 aromatic rings. The van der Waals surface area contributed by atoms with Gasteiger partial charge in [0.2, 0.25) is 0 Å². The topological polar surface area (TPSA) is 52.0 Å². The van der Waals surface area contributed by atoms with E-state index in [9.17, 15) is 0 Å². The number of hydrogen-bond acceptors (Lipinski definition) is 2. The van der Waals surface area contributed by atoms with Crippen molar-refractivity contribution in [3.05, 3.63) is 0 Å². The molecular weight excluding hydrogens is 88.1 g/mol. The van der Waals surface area contributed by atoms with Gasteiger partial charge in [-0.15, -0.1) is 12.3 Å². The summed E-state index contributed by atoms with van der Waals surface area (Å²) in [5.41, 5.74) is 0. The third-order valence-electron chi connectivity index (χ3n) is 0.394. The average molecular weight is 100 g/mol. The Kier molecular flexibility index (Phi) is 24.8. The molecule has 0 aliphatic carbocycles.